The molecule has 3 heteroatoms. The second-order valence-corrected chi connectivity index (χ2v) is 7.55. The molecule has 1 aliphatic carbocycles. The van der Waals surface area contributed by atoms with Gasteiger partial charge in [-0.05, 0) is 61.7 Å². The van der Waals surface area contributed by atoms with Crippen molar-refractivity contribution >= 4 is 10.9 Å². The van der Waals surface area contributed by atoms with Crippen molar-refractivity contribution in [1.82, 2.24) is 9.88 Å². The van der Waals surface area contributed by atoms with Crippen molar-refractivity contribution in [2.45, 2.75) is 51.5 Å². The number of benzene rings is 1. The number of aromatic nitrogens is 1. The molecule has 1 spiro atoms. The number of para-hydroxylation sites is 1. The van der Waals surface area contributed by atoms with Crippen molar-refractivity contribution in [3.8, 4) is 0 Å². The largest absolute Gasteiger partial charge is 0.322 e. The van der Waals surface area contributed by atoms with E-state index in [0.29, 0.717) is 5.41 Å². The lowest BCUT2D eigenvalue weighted by Gasteiger charge is -2.44. The Morgan fingerprint density at radius 3 is 2.52 bits per heavy atom. The monoisotopic (exact) mass is 310 g/mol. The highest BCUT2D eigenvalue weighted by Gasteiger charge is 2.35. The Balaban J connectivity index is 1.47. The van der Waals surface area contributed by atoms with Crippen molar-refractivity contribution in [1.29, 1.82) is 0 Å². The molecule has 1 aromatic carbocycles. The Morgan fingerprint density at radius 1 is 1.00 bits per heavy atom. The van der Waals surface area contributed by atoms with E-state index in [1.165, 1.54) is 44.9 Å². The molecule has 4 rings (SSSR count). The molecule has 0 unspecified atom stereocenters. The maximum absolute atomic E-state index is 12.3. The number of rotatable bonds is 2. The van der Waals surface area contributed by atoms with E-state index in [1.54, 1.807) is 0 Å². The summed E-state index contributed by atoms with van der Waals surface area (Å²) in [6, 6.07) is 10.1. The average molecular weight is 310 g/mol. The Hall–Kier alpha value is -1.61. The number of likely N-dealkylation sites (tertiary alicyclic amines) is 1. The van der Waals surface area contributed by atoms with E-state index in [4.69, 9.17) is 0 Å². The lowest BCUT2D eigenvalue weighted by Crippen LogP contribution is -2.41. The number of nitrogens with zero attached hydrogens (tertiary/aromatic N) is 1. The molecule has 23 heavy (non-hydrogen) atoms. The van der Waals surface area contributed by atoms with E-state index in [9.17, 15) is 4.79 Å². The molecule has 2 aromatic rings. The molecular formula is C20H26N2O. The SMILES string of the molecule is O=c1[nH]c2ccccc2cc1CN1CCC2(CCCCC2)CC1. The third kappa shape index (κ3) is 3.07. The summed E-state index contributed by atoms with van der Waals surface area (Å²) in [6.07, 6.45) is 9.76. The zero-order valence-electron chi connectivity index (χ0n) is 13.8. The van der Waals surface area contributed by atoms with Gasteiger partial charge < -0.3 is 4.98 Å². The van der Waals surface area contributed by atoms with Gasteiger partial charge in [-0.25, -0.2) is 0 Å². The Kier molecular flexibility index (Phi) is 3.98. The molecule has 1 aromatic heterocycles. The molecular weight excluding hydrogens is 284 g/mol. The van der Waals surface area contributed by atoms with Gasteiger partial charge in [0, 0.05) is 17.6 Å². The Labute approximate surface area is 137 Å². The van der Waals surface area contributed by atoms with Crippen LogP contribution in [0.15, 0.2) is 35.1 Å². The molecule has 0 bridgehead atoms. The number of piperidine rings is 1. The van der Waals surface area contributed by atoms with Gasteiger partial charge in [0.1, 0.15) is 0 Å². The van der Waals surface area contributed by atoms with Crippen LogP contribution < -0.4 is 5.56 Å². The number of aromatic amines is 1. The summed E-state index contributed by atoms with van der Waals surface area (Å²) < 4.78 is 0. The van der Waals surface area contributed by atoms with E-state index in [1.807, 2.05) is 18.2 Å². The predicted octanol–water partition coefficient (Wildman–Crippen LogP) is 4.07. The molecule has 1 saturated heterocycles. The average Bonchev–Trinajstić information content (AvgIpc) is 2.58. The van der Waals surface area contributed by atoms with E-state index in [-0.39, 0.29) is 5.56 Å². The summed E-state index contributed by atoms with van der Waals surface area (Å²) in [7, 11) is 0. The second-order valence-electron chi connectivity index (χ2n) is 7.55. The van der Waals surface area contributed by atoms with Crippen molar-refractivity contribution in [3.63, 3.8) is 0 Å². The molecule has 2 fully saturated rings. The summed E-state index contributed by atoms with van der Waals surface area (Å²) in [5.41, 5.74) is 2.54. The van der Waals surface area contributed by atoms with Crippen LogP contribution in [0.4, 0.5) is 0 Å². The van der Waals surface area contributed by atoms with Gasteiger partial charge in [0.25, 0.3) is 5.56 Å². The first-order valence-corrected chi connectivity index (χ1v) is 9.08. The normalized spacial score (nSPS) is 21.7. The van der Waals surface area contributed by atoms with Crippen molar-refractivity contribution in [3.05, 3.63) is 46.2 Å². The smallest absolute Gasteiger partial charge is 0.252 e. The number of hydrogen-bond acceptors (Lipinski definition) is 2. The fourth-order valence-corrected chi connectivity index (χ4v) is 4.54. The predicted molar refractivity (Wildman–Crippen MR) is 94.6 cm³/mol. The van der Waals surface area contributed by atoms with Crippen LogP contribution in [0.25, 0.3) is 10.9 Å². The van der Waals surface area contributed by atoms with E-state index < -0.39 is 0 Å². The standard InChI is InChI=1S/C20H26N2O/c23-19-17(14-16-6-2-3-7-18(16)21-19)15-22-12-10-20(11-13-22)8-4-1-5-9-20/h2-3,6-7,14H,1,4-5,8-13,15H2,(H,21,23). The maximum Gasteiger partial charge on any atom is 0.252 e. The second kappa shape index (κ2) is 6.12. The minimum absolute atomic E-state index is 0.0710. The minimum Gasteiger partial charge on any atom is -0.322 e. The third-order valence-electron chi connectivity index (χ3n) is 6.06. The number of nitrogens with one attached hydrogen (secondary N) is 1. The highest BCUT2D eigenvalue weighted by molar-refractivity contribution is 5.78. The first-order chi connectivity index (χ1) is 11.2. The zero-order chi connectivity index (χ0) is 15.7. The molecule has 0 radical (unpaired) electrons. The number of fused-ring (bicyclic) bond motifs is 1. The topological polar surface area (TPSA) is 36.1 Å². The van der Waals surface area contributed by atoms with Gasteiger partial charge >= 0.3 is 0 Å². The summed E-state index contributed by atoms with van der Waals surface area (Å²) in [4.78, 5) is 17.8. The van der Waals surface area contributed by atoms with Crippen molar-refractivity contribution in [2.24, 2.45) is 5.41 Å². The van der Waals surface area contributed by atoms with Gasteiger partial charge in [-0.1, -0.05) is 37.5 Å². The number of hydrogen-bond donors (Lipinski definition) is 1. The zero-order valence-corrected chi connectivity index (χ0v) is 13.8. The van der Waals surface area contributed by atoms with Gasteiger partial charge in [-0.2, -0.15) is 0 Å². The molecule has 1 aliphatic heterocycles. The summed E-state index contributed by atoms with van der Waals surface area (Å²) in [5, 5.41) is 1.13. The summed E-state index contributed by atoms with van der Waals surface area (Å²) >= 11 is 0. The fraction of sp³-hybridized carbons (Fsp3) is 0.550. The summed E-state index contributed by atoms with van der Waals surface area (Å²) in [6.45, 7) is 3.08. The summed E-state index contributed by atoms with van der Waals surface area (Å²) in [5.74, 6) is 0. The number of pyridine rings is 1. The third-order valence-corrected chi connectivity index (χ3v) is 6.06. The molecule has 2 aliphatic rings. The van der Waals surface area contributed by atoms with Crippen LogP contribution in [-0.4, -0.2) is 23.0 Å². The number of H-pyrrole nitrogens is 1. The van der Waals surface area contributed by atoms with Crippen LogP contribution in [-0.2, 0) is 6.54 Å². The minimum atomic E-state index is 0.0710. The van der Waals surface area contributed by atoms with E-state index in [0.717, 1.165) is 36.1 Å². The van der Waals surface area contributed by atoms with Crippen molar-refractivity contribution in [2.75, 3.05) is 13.1 Å². The van der Waals surface area contributed by atoms with Crippen LogP contribution in [0.1, 0.15) is 50.5 Å². The fourth-order valence-electron chi connectivity index (χ4n) is 4.54. The quantitative estimate of drug-likeness (QED) is 0.907. The first kappa shape index (κ1) is 14.9. The van der Waals surface area contributed by atoms with E-state index >= 15 is 0 Å². The van der Waals surface area contributed by atoms with Gasteiger partial charge in [0.05, 0.1) is 0 Å². The Bertz CT molecular complexity index is 733. The Morgan fingerprint density at radius 2 is 1.74 bits per heavy atom. The van der Waals surface area contributed by atoms with Crippen LogP contribution in [0, 0.1) is 5.41 Å². The lowest BCUT2D eigenvalue weighted by atomic mass is 9.68. The molecule has 1 N–H and O–H groups in total. The molecule has 122 valence electrons. The van der Waals surface area contributed by atoms with Crippen molar-refractivity contribution < 1.29 is 0 Å². The van der Waals surface area contributed by atoms with E-state index in [2.05, 4.69) is 22.0 Å². The van der Waals surface area contributed by atoms with Crippen LogP contribution in [0.5, 0.6) is 0 Å². The molecule has 0 amide bonds. The van der Waals surface area contributed by atoms with Gasteiger partial charge in [-0.15, -0.1) is 0 Å². The van der Waals surface area contributed by atoms with Gasteiger partial charge in [0.15, 0.2) is 0 Å². The molecule has 1 saturated carbocycles. The molecule has 2 heterocycles. The van der Waals surface area contributed by atoms with Crippen LogP contribution >= 0.6 is 0 Å². The van der Waals surface area contributed by atoms with Gasteiger partial charge in [0.2, 0.25) is 0 Å². The highest BCUT2D eigenvalue weighted by Crippen LogP contribution is 2.44. The molecule has 3 nitrogen and oxygen atoms in total. The van der Waals surface area contributed by atoms with Crippen LogP contribution in [0.2, 0.25) is 0 Å². The lowest BCUT2D eigenvalue weighted by molar-refractivity contribution is 0.0640. The molecule has 0 atom stereocenters. The van der Waals surface area contributed by atoms with Gasteiger partial charge in [-0.3, -0.25) is 9.69 Å². The highest BCUT2D eigenvalue weighted by atomic mass is 16.1. The first-order valence-electron chi connectivity index (χ1n) is 9.08. The maximum atomic E-state index is 12.3. The van der Waals surface area contributed by atoms with Crippen LogP contribution in [0.3, 0.4) is 0 Å².